The average molecular weight is 529 g/mol. The predicted molar refractivity (Wildman–Crippen MR) is 153 cm³/mol. The van der Waals surface area contributed by atoms with Crippen LogP contribution in [0.1, 0.15) is 13.8 Å². The highest BCUT2D eigenvalue weighted by Gasteiger charge is 2.20. The summed E-state index contributed by atoms with van der Waals surface area (Å²) < 4.78 is 6.96. The molecule has 3 aromatic heterocycles. The van der Waals surface area contributed by atoms with Gasteiger partial charge in [-0.3, -0.25) is 14.6 Å². The highest BCUT2D eigenvalue weighted by Crippen LogP contribution is 2.31. The van der Waals surface area contributed by atoms with Crippen LogP contribution in [-0.2, 0) is 11.3 Å². The van der Waals surface area contributed by atoms with Crippen LogP contribution in [0.2, 0.25) is 0 Å². The van der Waals surface area contributed by atoms with E-state index in [0.717, 1.165) is 67.5 Å². The Morgan fingerprint density at radius 3 is 2.51 bits per heavy atom. The molecule has 0 unspecified atom stereocenters. The van der Waals surface area contributed by atoms with E-state index in [0.29, 0.717) is 12.5 Å². The summed E-state index contributed by atoms with van der Waals surface area (Å²) in [5.74, 6) is 0.499. The zero-order chi connectivity index (χ0) is 27.2. The van der Waals surface area contributed by atoms with Gasteiger partial charge in [0.1, 0.15) is 5.69 Å². The Hall–Kier alpha value is -3.86. The SMILES string of the molecule is COCCN1CCN(c2ccc(Nc3nccc(-c4cn(CC(C)(C)O)nc4-c4cccnc4)n3)cc2)CC1. The lowest BCUT2D eigenvalue weighted by atomic mass is 10.1. The van der Waals surface area contributed by atoms with Gasteiger partial charge in [0.25, 0.3) is 0 Å². The molecule has 0 amide bonds. The Balaban J connectivity index is 1.31. The standard InChI is InChI=1S/C29H36N8O2/c1-29(2,38)21-37-20-25(27(34-37)22-5-4-11-30-19-22)26-10-12-31-28(33-26)32-23-6-8-24(9-7-23)36-15-13-35(14-16-36)17-18-39-3/h4-12,19-20,38H,13-18,21H2,1-3H3,(H,31,32,33). The van der Waals surface area contributed by atoms with Gasteiger partial charge in [-0.25, -0.2) is 9.97 Å². The Bertz CT molecular complexity index is 1340. The summed E-state index contributed by atoms with van der Waals surface area (Å²) in [6.07, 6.45) is 7.16. The number of piperazine rings is 1. The van der Waals surface area contributed by atoms with Gasteiger partial charge in [0, 0.05) is 87.1 Å². The first-order valence-corrected chi connectivity index (χ1v) is 13.2. The van der Waals surface area contributed by atoms with Crippen molar-refractivity contribution in [2.24, 2.45) is 0 Å². The van der Waals surface area contributed by atoms with Gasteiger partial charge in [-0.05, 0) is 56.3 Å². The summed E-state index contributed by atoms with van der Waals surface area (Å²) in [6.45, 7) is 9.72. The number of nitrogens with zero attached hydrogens (tertiary/aromatic N) is 7. The van der Waals surface area contributed by atoms with Crippen molar-refractivity contribution in [2.45, 2.75) is 26.0 Å². The molecular formula is C29H36N8O2. The van der Waals surface area contributed by atoms with Crippen molar-refractivity contribution in [2.75, 3.05) is 56.7 Å². The fraction of sp³-hybridized carbons (Fsp3) is 0.379. The van der Waals surface area contributed by atoms with Crippen molar-refractivity contribution in [3.05, 3.63) is 67.3 Å². The molecule has 1 fully saturated rings. The average Bonchev–Trinajstić information content (AvgIpc) is 3.35. The van der Waals surface area contributed by atoms with Gasteiger partial charge in [-0.15, -0.1) is 0 Å². The van der Waals surface area contributed by atoms with Crippen LogP contribution < -0.4 is 10.2 Å². The van der Waals surface area contributed by atoms with E-state index in [9.17, 15) is 5.11 Å². The summed E-state index contributed by atoms with van der Waals surface area (Å²) >= 11 is 0. The molecule has 10 nitrogen and oxygen atoms in total. The lowest BCUT2D eigenvalue weighted by molar-refractivity contribution is 0.0578. The first kappa shape index (κ1) is 26.7. The maximum absolute atomic E-state index is 10.3. The van der Waals surface area contributed by atoms with E-state index in [1.54, 1.807) is 44.2 Å². The van der Waals surface area contributed by atoms with Crippen molar-refractivity contribution >= 4 is 17.3 Å². The van der Waals surface area contributed by atoms with Crippen LogP contribution in [0.25, 0.3) is 22.5 Å². The summed E-state index contributed by atoms with van der Waals surface area (Å²) in [4.78, 5) is 18.3. The lowest BCUT2D eigenvalue weighted by Crippen LogP contribution is -2.47. The molecular weight excluding hydrogens is 492 g/mol. The third-order valence-corrected chi connectivity index (χ3v) is 6.65. The third-order valence-electron chi connectivity index (χ3n) is 6.65. The summed E-state index contributed by atoms with van der Waals surface area (Å²) in [5, 5.41) is 18.4. The van der Waals surface area contributed by atoms with Gasteiger partial charge in [0.05, 0.1) is 24.4 Å². The molecule has 1 aliphatic heterocycles. The van der Waals surface area contributed by atoms with Crippen molar-refractivity contribution in [3.63, 3.8) is 0 Å². The number of hydrogen-bond acceptors (Lipinski definition) is 9. The third kappa shape index (κ3) is 6.97. The maximum atomic E-state index is 10.3. The van der Waals surface area contributed by atoms with Gasteiger partial charge in [0.15, 0.2) is 0 Å². The minimum atomic E-state index is -0.905. The minimum Gasteiger partial charge on any atom is -0.389 e. The predicted octanol–water partition coefficient (Wildman–Crippen LogP) is 3.69. The van der Waals surface area contributed by atoms with Gasteiger partial charge in [-0.2, -0.15) is 5.10 Å². The number of aliphatic hydroxyl groups is 1. The molecule has 10 heteroatoms. The first-order valence-electron chi connectivity index (χ1n) is 13.2. The minimum absolute atomic E-state index is 0.352. The van der Waals surface area contributed by atoms with E-state index in [-0.39, 0.29) is 0 Å². The zero-order valence-electron chi connectivity index (χ0n) is 22.8. The van der Waals surface area contributed by atoms with E-state index in [2.05, 4.69) is 49.4 Å². The van der Waals surface area contributed by atoms with Crippen LogP contribution in [0.4, 0.5) is 17.3 Å². The molecule has 1 aromatic carbocycles. The summed E-state index contributed by atoms with van der Waals surface area (Å²) in [6, 6.07) is 14.1. The molecule has 0 bridgehead atoms. The molecule has 0 spiro atoms. The molecule has 39 heavy (non-hydrogen) atoms. The Kier molecular flexibility index (Phi) is 8.16. The summed E-state index contributed by atoms with van der Waals surface area (Å²) in [7, 11) is 1.75. The molecule has 0 saturated carbocycles. The Labute approximate surface area is 229 Å². The fourth-order valence-electron chi connectivity index (χ4n) is 4.71. The van der Waals surface area contributed by atoms with Gasteiger partial charge >= 0.3 is 0 Å². The second-order valence-electron chi connectivity index (χ2n) is 10.4. The van der Waals surface area contributed by atoms with Crippen molar-refractivity contribution in [1.29, 1.82) is 0 Å². The monoisotopic (exact) mass is 528 g/mol. The van der Waals surface area contributed by atoms with Crippen molar-refractivity contribution < 1.29 is 9.84 Å². The largest absolute Gasteiger partial charge is 0.389 e. The Morgan fingerprint density at radius 1 is 1.03 bits per heavy atom. The number of benzene rings is 1. The molecule has 1 saturated heterocycles. The molecule has 204 valence electrons. The molecule has 1 aliphatic rings. The Morgan fingerprint density at radius 2 is 1.82 bits per heavy atom. The molecule has 5 rings (SSSR count). The highest BCUT2D eigenvalue weighted by atomic mass is 16.5. The van der Waals surface area contributed by atoms with E-state index < -0.39 is 5.60 Å². The molecule has 0 aliphatic carbocycles. The number of pyridine rings is 1. The van der Waals surface area contributed by atoms with Crippen molar-refractivity contribution in [3.8, 4) is 22.5 Å². The van der Waals surface area contributed by atoms with Crippen LogP contribution in [0.5, 0.6) is 0 Å². The smallest absolute Gasteiger partial charge is 0.227 e. The fourth-order valence-corrected chi connectivity index (χ4v) is 4.71. The first-order chi connectivity index (χ1) is 18.9. The molecule has 4 heterocycles. The highest BCUT2D eigenvalue weighted by molar-refractivity contribution is 5.78. The number of anilines is 3. The molecule has 4 aromatic rings. The van der Waals surface area contributed by atoms with Crippen LogP contribution in [0.15, 0.2) is 67.3 Å². The number of hydrogen-bond donors (Lipinski definition) is 2. The van der Waals surface area contributed by atoms with Crippen LogP contribution in [-0.4, -0.2) is 86.8 Å². The van der Waals surface area contributed by atoms with Crippen LogP contribution in [0, 0.1) is 0 Å². The number of nitrogens with one attached hydrogen (secondary N) is 1. The topological polar surface area (TPSA) is 104 Å². The van der Waals surface area contributed by atoms with E-state index in [1.807, 2.05) is 24.4 Å². The van der Waals surface area contributed by atoms with E-state index in [1.165, 1.54) is 5.69 Å². The molecule has 2 N–H and O–H groups in total. The number of ether oxygens (including phenoxy) is 1. The number of methoxy groups -OCH3 is 1. The maximum Gasteiger partial charge on any atom is 0.227 e. The second-order valence-corrected chi connectivity index (χ2v) is 10.4. The normalized spacial score (nSPS) is 14.5. The zero-order valence-corrected chi connectivity index (χ0v) is 22.8. The quantitative estimate of drug-likeness (QED) is 0.319. The number of aromatic nitrogens is 5. The summed E-state index contributed by atoms with van der Waals surface area (Å²) in [5.41, 5.74) is 4.43. The number of rotatable bonds is 10. The van der Waals surface area contributed by atoms with E-state index in [4.69, 9.17) is 14.8 Å². The van der Waals surface area contributed by atoms with Gasteiger partial charge < -0.3 is 20.1 Å². The van der Waals surface area contributed by atoms with E-state index >= 15 is 0 Å². The van der Waals surface area contributed by atoms with Crippen LogP contribution in [0.3, 0.4) is 0 Å². The van der Waals surface area contributed by atoms with Crippen molar-refractivity contribution in [1.82, 2.24) is 29.6 Å². The molecule has 0 radical (unpaired) electrons. The molecule has 0 atom stereocenters. The van der Waals surface area contributed by atoms with Gasteiger partial charge in [0.2, 0.25) is 5.95 Å². The second kappa shape index (κ2) is 11.9. The van der Waals surface area contributed by atoms with Crippen LogP contribution >= 0.6 is 0 Å². The lowest BCUT2D eigenvalue weighted by Gasteiger charge is -2.36. The van der Waals surface area contributed by atoms with Gasteiger partial charge in [-0.1, -0.05) is 0 Å².